The fourth-order valence-electron chi connectivity index (χ4n) is 3.62. The summed E-state index contributed by atoms with van der Waals surface area (Å²) in [4.78, 5) is 24.3. The van der Waals surface area contributed by atoms with Gasteiger partial charge in [-0.3, -0.25) is 9.32 Å². The molecule has 2 heterocycles. The fourth-order valence-corrected chi connectivity index (χ4v) is 5.67. The van der Waals surface area contributed by atoms with E-state index in [9.17, 15) is 9.36 Å². The number of methoxy groups -OCH3 is 1. The highest BCUT2D eigenvalue weighted by atomic mass is 79.9. The number of nitrogen functional groups attached to an aromatic ring is 1. The molecule has 3 aromatic rings. The molecule has 1 fully saturated rings. The molecular weight excluding hydrogens is 551 g/mol. The molecule has 2 atom stereocenters. The van der Waals surface area contributed by atoms with Crippen molar-refractivity contribution in [3.8, 4) is 5.75 Å². The zero-order valence-corrected chi connectivity index (χ0v) is 21.6. The summed E-state index contributed by atoms with van der Waals surface area (Å²) in [6, 6.07) is 6.00. The molecule has 4 rings (SSSR count). The Morgan fingerprint density at radius 1 is 1.35 bits per heavy atom. The normalized spacial score (nSPS) is 20.4. The van der Waals surface area contributed by atoms with Gasteiger partial charge in [-0.2, -0.15) is 15.1 Å². The van der Waals surface area contributed by atoms with Gasteiger partial charge >= 0.3 is 13.7 Å². The van der Waals surface area contributed by atoms with E-state index < -0.39 is 19.8 Å². The summed E-state index contributed by atoms with van der Waals surface area (Å²) in [6.45, 7) is 1.69. The first-order valence-electron chi connectivity index (χ1n) is 10.4. The van der Waals surface area contributed by atoms with Crippen LogP contribution in [-0.4, -0.2) is 45.2 Å². The van der Waals surface area contributed by atoms with E-state index >= 15 is 0 Å². The number of halogens is 2. The van der Waals surface area contributed by atoms with Gasteiger partial charge in [0, 0.05) is 10.5 Å². The Bertz CT molecular complexity index is 1240. The van der Waals surface area contributed by atoms with E-state index in [1.165, 1.54) is 14.0 Å². The van der Waals surface area contributed by atoms with Crippen LogP contribution in [-0.2, 0) is 18.6 Å². The number of ether oxygens (including phenoxy) is 1. The lowest BCUT2D eigenvalue weighted by Crippen LogP contribution is -2.36. The summed E-state index contributed by atoms with van der Waals surface area (Å²) in [5.74, 6) is -0.0649. The molecule has 2 aromatic heterocycles. The maximum absolute atomic E-state index is 13.5. The van der Waals surface area contributed by atoms with Crippen molar-refractivity contribution in [3.63, 3.8) is 0 Å². The molecule has 1 aromatic carbocycles. The van der Waals surface area contributed by atoms with Crippen molar-refractivity contribution in [1.82, 2.24) is 24.6 Å². The van der Waals surface area contributed by atoms with Gasteiger partial charge in [-0.15, -0.1) is 0 Å². The number of imidazole rings is 1. The van der Waals surface area contributed by atoms with Crippen LogP contribution in [0.5, 0.6) is 5.75 Å². The molecule has 3 N–H and O–H groups in total. The van der Waals surface area contributed by atoms with Gasteiger partial charge in [-0.1, -0.05) is 27.5 Å². The molecule has 0 amide bonds. The van der Waals surface area contributed by atoms with E-state index in [1.54, 1.807) is 30.6 Å². The highest BCUT2D eigenvalue weighted by molar-refractivity contribution is 9.10. The van der Waals surface area contributed by atoms with Crippen LogP contribution < -0.4 is 15.3 Å². The molecule has 1 unspecified atom stereocenters. The number of carbonyl (C=O) groups is 1. The van der Waals surface area contributed by atoms with Crippen LogP contribution >= 0.6 is 35.3 Å². The Morgan fingerprint density at radius 2 is 2.06 bits per heavy atom. The number of rotatable bonds is 9. The second kappa shape index (κ2) is 10.2. The van der Waals surface area contributed by atoms with E-state index in [2.05, 4.69) is 36.0 Å². The zero-order chi connectivity index (χ0) is 24.5. The van der Waals surface area contributed by atoms with Crippen LogP contribution in [0.2, 0.25) is 5.15 Å². The summed E-state index contributed by atoms with van der Waals surface area (Å²) in [6.07, 6.45) is 3.13. The molecule has 0 bridgehead atoms. The van der Waals surface area contributed by atoms with E-state index in [0.29, 0.717) is 16.9 Å². The van der Waals surface area contributed by atoms with Crippen molar-refractivity contribution in [1.29, 1.82) is 0 Å². The third-order valence-electron chi connectivity index (χ3n) is 5.43. The van der Waals surface area contributed by atoms with Crippen molar-refractivity contribution in [2.45, 2.75) is 31.8 Å². The number of hydrogen-bond acceptors (Lipinski definition) is 9. The predicted octanol–water partition coefficient (Wildman–Crippen LogP) is 4.13. The lowest BCUT2D eigenvalue weighted by atomic mass is 9.81. The zero-order valence-electron chi connectivity index (χ0n) is 18.4. The maximum atomic E-state index is 13.5. The summed E-state index contributed by atoms with van der Waals surface area (Å²) in [7, 11) is -2.63. The van der Waals surface area contributed by atoms with Gasteiger partial charge in [0.2, 0.25) is 5.95 Å². The second-order valence-electron chi connectivity index (χ2n) is 7.90. The number of fused-ring (bicyclic) bond motifs is 1. The molecule has 1 aliphatic rings. The second-order valence-corrected chi connectivity index (χ2v) is 10.9. The van der Waals surface area contributed by atoms with Crippen molar-refractivity contribution in [2.75, 3.05) is 19.5 Å². The largest absolute Gasteiger partial charge is 0.468 e. The molecule has 14 heteroatoms. The average molecular weight is 574 g/mol. The van der Waals surface area contributed by atoms with Crippen LogP contribution in [0.3, 0.4) is 0 Å². The molecule has 0 radical (unpaired) electrons. The maximum Gasteiger partial charge on any atom is 0.459 e. The van der Waals surface area contributed by atoms with Gasteiger partial charge in [0.15, 0.2) is 10.8 Å². The Hall–Kier alpha value is -2.24. The Morgan fingerprint density at radius 3 is 2.74 bits per heavy atom. The fraction of sp³-hybridized carbons (Fsp3) is 0.400. The minimum Gasteiger partial charge on any atom is -0.468 e. The number of hydrogen-bond donors (Lipinski definition) is 2. The number of benzene rings is 1. The quantitative estimate of drug-likeness (QED) is 0.218. The number of nitrogens with two attached hydrogens (primary N) is 1. The van der Waals surface area contributed by atoms with Crippen LogP contribution in [0.1, 0.15) is 25.8 Å². The molecule has 1 saturated carbocycles. The SMILES string of the molecule is COC(=O)[C@H](C)NP(=O)(OCC1CC(n2cnc3c(Cl)nc(N)nc32)C1)Oc1ccc(Br)cc1. The van der Waals surface area contributed by atoms with Crippen molar-refractivity contribution < 1.29 is 23.1 Å². The van der Waals surface area contributed by atoms with Gasteiger partial charge in [0.1, 0.15) is 17.3 Å². The molecular formula is C20H23BrClN6O5P. The van der Waals surface area contributed by atoms with E-state index in [1.807, 2.05) is 4.57 Å². The summed E-state index contributed by atoms with van der Waals surface area (Å²) in [5.41, 5.74) is 6.78. The minimum absolute atomic E-state index is 0.0790. The first-order chi connectivity index (χ1) is 16.2. The number of nitrogens with zero attached hydrogens (tertiary/aromatic N) is 4. The molecule has 34 heavy (non-hydrogen) atoms. The monoisotopic (exact) mass is 572 g/mol. The predicted molar refractivity (Wildman–Crippen MR) is 129 cm³/mol. The summed E-state index contributed by atoms with van der Waals surface area (Å²) < 4.78 is 32.3. The van der Waals surface area contributed by atoms with Gasteiger partial charge in [0.05, 0.1) is 20.0 Å². The van der Waals surface area contributed by atoms with Gasteiger partial charge < -0.3 is 19.6 Å². The number of aromatic nitrogens is 4. The smallest absolute Gasteiger partial charge is 0.459 e. The first kappa shape index (κ1) is 24.9. The number of anilines is 1. The Balaban J connectivity index is 1.41. The van der Waals surface area contributed by atoms with Crippen molar-refractivity contribution in [2.24, 2.45) is 5.92 Å². The molecule has 182 valence electrons. The lowest BCUT2D eigenvalue weighted by molar-refractivity contribution is -0.142. The lowest BCUT2D eigenvalue weighted by Gasteiger charge is -2.36. The molecule has 1 aliphatic carbocycles. The van der Waals surface area contributed by atoms with Crippen LogP contribution in [0, 0.1) is 5.92 Å². The molecule has 0 spiro atoms. The number of carbonyl (C=O) groups excluding carboxylic acids is 1. The molecule has 11 nitrogen and oxygen atoms in total. The van der Waals surface area contributed by atoms with Gasteiger partial charge in [-0.05, 0) is 49.9 Å². The minimum atomic E-state index is -3.88. The van der Waals surface area contributed by atoms with E-state index in [0.717, 1.165) is 17.3 Å². The van der Waals surface area contributed by atoms with Crippen LogP contribution in [0.15, 0.2) is 35.1 Å². The van der Waals surface area contributed by atoms with E-state index in [4.69, 9.17) is 31.1 Å². The highest BCUT2D eigenvalue weighted by Gasteiger charge is 2.37. The van der Waals surface area contributed by atoms with Gasteiger partial charge in [-0.25, -0.2) is 9.55 Å². The Kier molecular flexibility index (Phi) is 7.44. The summed E-state index contributed by atoms with van der Waals surface area (Å²) in [5, 5.41) is 2.86. The first-order valence-corrected chi connectivity index (χ1v) is 13.1. The third-order valence-corrected chi connectivity index (χ3v) is 7.86. The third kappa shape index (κ3) is 5.52. The summed E-state index contributed by atoms with van der Waals surface area (Å²) >= 11 is 9.45. The van der Waals surface area contributed by atoms with Gasteiger partial charge in [0.25, 0.3) is 0 Å². The van der Waals surface area contributed by atoms with E-state index in [-0.39, 0.29) is 29.7 Å². The van der Waals surface area contributed by atoms with Crippen molar-refractivity contribution >= 4 is 58.4 Å². The Labute approximate surface area is 209 Å². The standard InChI is InChI=1S/C20H23BrClN6O5P/c1-11(19(29)31-2)27-34(30,33-15-5-3-13(21)4-6-15)32-9-12-7-14(8-12)28-10-24-16-17(22)25-20(23)26-18(16)28/h3-6,10-12,14H,7-9H2,1-2H3,(H,27,30)(H2,23,25,26)/t11-,12?,14?,34?/m0/s1. The molecule has 0 saturated heterocycles. The average Bonchev–Trinajstić information content (AvgIpc) is 3.17. The van der Waals surface area contributed by atoms with Crippen LogP contribution in [0.25, 0.3) is 11.2 Å². The number of nitrogens with one attached hydrogen (secondary N) is 1. The molecule has 0 aliphatic heterocycles. The number of esters is 1. The van der Waals surface area contributed by atoms with Crippen LogP contribution in [0.4, 0.5) is 5.95 Å². The topological polar surface area (TPSA) is 143 Å². The van der Waals surface area contributed by atoms with Crippen molar-refractivity contribution in [3.05, 3.63) is 40.2 Å². The highest BCUT2D eigenvalue weighted by Crippen LogP contribution is 2.48.